The van der Waals surface area contributed by atoms with Crippen LogP contribution < -0.4 is 16.6 Å². The fraction of sp³-hybridized carbons (Fsp3) is 0.100. The van der Waals surface area contributed by atoms with E-state index < -0.39 is 15.7 Å². The monoisotopic (exact) mass is 287 g/mol. The van der Waals surface area contributed by atoms with E-state index in [1.54, 1.807) is 0 Å². The summed E-state index contributed by atoms with van der Waals surface area (Å²) < 4.78 is 36.8. The number of sulfone groups is 1. The fourth-order valence-corrected chi connectivity index (χ4v) is 3.02. The van der Waals surface area contributed by atoms with Gasteiger partial charge in [-0.3, -0.25) is 10.9 Å². The van der Waals surface area contributed by atoms with Crippen molar-refractivity contribution in [1.29, 1.82) is 0 Å². The maximum Gasteiger partial charge on any atom is 0.182 e. The number of benzene rings is 1. The SMILES string of the molecule is NC(=S)NNC1=CCS(=O)(=O)c2ccc(F)cc21. The number of halogens is 1. The van der Waals surface area contributed by atoms with Crippen LogP contribution in [0.5, 0.6) is 0 Å². The van der Waals surface area contributed by atoms with Crippen molar-refractivity contribution in [1.82, 2.24) is 10.9 Å². The lowest BCUT2D eigenvalue weighted by Crippen LogP contribution is -2.40. The molecule has 0 saturated heterocycles. The summed E-state index contributed by atoms with van der Waals surface area (Å²) in [6.07, 6.45) is 1.43. The molecule has 0 amide bonds. The Labute approximate surface area is 109 Å². The molecule has 0 spiro atoms. The quantitative estimate of drug-likeness (QED) is 0.412. The number of nitrogens with one attached hydrogen (secondary N) is 2. The van der Waals surface area contributed by atoms with Gasteiger partial charge in [-0.1, -0.05) is 0 Å². The summed E-state index contributed by atoms with van der Waals surface area (Å²) in [6.45, 7) is 0. The summed E-state index contributed by atoms with van der Waals surface area (Å²) in [7, 11) is -3.41. The Hall–Kier alpha value is -1.67. The van der Waals surface area contributed by atoms with Crippen molar-refractivity contribution in [2.24, 2.45) is 5.73 Å². The summed E-state index contributed by atoms with van der Waals surface area (Å²) in [5, 5.41) is 0.00211. The zero-order valence-corrected chi connectivity index (χ0v) is 10.7. The van der Waals surface area contributed by atoms with Gasteiger partial charge in [0.2, 0.25) is 0 Å². The molecule has 8 heteroatoms. The van der Waals surface area contributed by atoms with Gasteiger partial charge in [0.25, 0.3) is 0 Å². The first-order chi connectivity index (χ1) is 8.40. The minimum Gasteiger partial charge on any atom is -0.375 e. The summed E-state index contributed by atoms with van der Waals surface area (Å²) in [4.78, 5) is 0.0821. The van der Waals surface area contributed by atoms with E-state index in [-0.39, 0.29) is 21.3 Å². The van der Waals surface area contributed by atoms with Gasteiger partial charge >= 0.3 is 0 Å². The molecule has 0 unspecified atom stereocenters. The van der Waals surface area contributed by atoms with Gasteiger partial charge < -0.3 is 5.73 Å². The van der Waals surface area contributed by atoms with Crippen LogP contribution in [-0.4, -0.2) is 19.3 Å². The molecule has 0 aromatic heterocycles. The van der Waals surface area contributed by atoms with Crippen molar-refractivity contribution in [3.8, 4) is 0 Å². The number of rotatable bonds is 2. The molecule has 5 nitrogen and oxygen atoms in total. The van der Waals surface area contributed by atoms with Crippen molar-refractivity contribution >= 4 is 32.9 Å². The lowest BCUT2D eigenvalue weighted by molar-refractivity contribution is 0.595. The highest BCUT2D eigenvalue weighted by molar-refractivity contribution is 7.91. The molecule has 96 valence electrons. The molecular weight excluding hydrogens is 277 g/mol. The highest BCUT2D eigenvalue weighted by Gasteiger charge is 2.25. The van der Waals surface area contributed by atoms with Gasteiger partial charge in [-0.25, -0.2) is 12.8 Å². The van der Waals surface area contributed by atoms with Crippen LogP contribution in [0.4, 0.5) is 4.39 Å². The average Bonchev–Trinajstić information content (AvgIpc) is 2.27. The van der Waals surface area contributed by atoms with Crippen LogP contribution in [0.3, 0.4) is 0 Å². The summed E-state index contributed by atoms with van der Waals surface area (Å²) in [6, 6.07) is 3.50. The predicted molar refractivity (Wildman–Crippen MR) is 69.5 cm³/mol. The number of hydrazine groups is 1. The van der Waals surface area contributed by atoms with Gasteiger partial charge in [0, 0.05) is 5.56 Å². The van der Waals surface area contributed by atoms with Crippen molar-refractivity contribution in [2.45, 2.75) is 4.90 Å². The molecular formula is C10H10FN3O2S2. The molecule has 0 radical (unpaired) electrons. The van der Waals surface area contributed by atoms with E-state index in [0.29, 0.717) is 5.70 Å². The second kappa shape index (κ2) is 4.54. The summed E-state index contributed by atoms with van der Waals surface area (Å²) >= 11 is 4.62. The topological polar surface area (TPSA) is 84.2 Å². The molecule has 1 aromatic carbocycles. The van der Waals surface area contributed by atoms with Gasteiger partial charge in [0.15, 0.2) is 14.9 Å². The first kappa shape index (κ1) is 12.8. The van der Waals surface area contributed by atoms with Crippen molar-refractivity contribution in [3.63, 3.8) is 0 Å². The van der Waals surface area contributed by atoms with Gasteiger partial charge in [-0.15, -0.1) is 0 Å². The third kappa shape index (κ3) is 2.44. The predicted octanol–water partition coefficient (Wildman–Crippen LogP) is 0.292. The second-order valence-corrected chi connectivity index (χ2v) is 6.10. The van der Waals surface area contributed by atoms with Crippen molar-refractivity contribution in [3.05, 3.63) is 35.7 Å². The largest absolute Gasteiger partial charge is 0.375 e. The Morgan fingerprint density at radius 2 is 2.17 bits per heavy atom. The molecule has 1 heterocycles. The van der Waals surface area contributed by atoms with Crippen LogP contribution >= 0.6 is 12.2 Å². The summed E-state index contributed by atoms with van der Waals surface area (Å²) in [5.41, 5.74) is 11.1. The van der Waals surface area contributed by atoms with Crippen molar-refractivity contribution < 1.29 is 12.8 Å². The van der Waals surface area contributed by atoms with Gasteiger partial charge in [0.1, 0.15) is 5.82 Å². The second-order valence-electron chi connectivity index (χ2n) is 3.65. The molecule has 1 aliphatic heterocycles. The smallest absolute Gasteiger partial charge is 0.182 e. The van der Waals surface area contributed by atoms with Crippen LogP contribution in [0.1, 0.15) is 5.56 Å². The minimum absolute atomic E-state index is 0.00211. The van der Waals surface area contributed by atoms with E-state index in [1.165, 1.54) is 12.1 Å². The number of hydrogen-bond acceptors (Lipinski definition) is 4. The maximum absolute atomic E-state index is 13.2. The maximum atomic E-state index is 13.2. The first-order valence-corrected chi connectivity index (χ1v) is 7.00. The van der Waals surface area contributed by atoms with Crippen LogP contribution in [0.2, 0.25) is 0 Å². The van der Waals surface area contributed by atoms with E-state index in [0.717, 1.165) is 12.1 Å². The molecule has 1 aromatic rings. The van der Waals surface area contributed by atoms with Crippen molar-refractivity contribution in [2.75, 3.05) is 5.75 Å². The van der Waals surface area contributed by atoms with E-state index >= 15 is 0 Å². The molecule has 0 saturated carbocycles. The Morgan fingerprint density at radius 3 is 2.83 bits per heavy atom. The number of thiocarbonyl (C=S) groups is 1. The molecule has 18 heavy (non-hydrogen) atoms. The Morgan fingerprint density at radius 1 is 1.44 bits per heavy atom. The van der Waals surface area contributed by atoms with Gasteiger partial charge in [-0.05, 0) is 36.5 Å². The molecule has 2 rings (SSSR count). The zero-order valence-electron chi connectivity index (χ0n) is 9.10. The lowest BCUT2D eigenvalue weighted by atomic mass is 10.1. The Kier molecular flexibility index (Phi) is 3.22. The molecule has 0 aliphatic carbocycles. The molecule has 0 bridgehead atoms. The standard InChI is InChI=1S/C10H10FN3O2S2/c11-6-1-2-9-7(5-6)8(13-14-10(12)17)3-4-18(9,15)16/h1-3,5,13H,4H2,(H3,12,14,17). The third-order valence-electron chi connectivity index (χ3n) is 2.39. The van der Waals surface area contributed by atoms with Gasteiger partial charge in [0.05, 0.1) is 16.3 Å². The average molecular weight is 287 g/mol. The van der Waals surface area contributed by atoms with Crippen LogP contribution in [-0.2, 0) is 9.84 Å². The normalized spacial score (nSPS) is 16.4. The third-order valence-corrected chi connectivity index (χ3v) is 4.13. The highest BCUT2D eigenvalue weighted by Crippen LogP contribution is 2.28. The highest BCUT2D eigenvalue weighted by atomic mass is 32.2. The Balaban J connectivity index is 2.45. The van der Waals surface area contributed by atoms with E-state index in [1.807, 2.05) is 0 Å². The zero-order chi connectivity index (χ0) is 13.3. The molecule has 0 fully saturated rings. The van der Waals surface area contributed by atoms with E-state index in [2.05, 4.69) is 23.1 Å². The summed E-state index contributed by atoms with van der Waals surface area (Å²) in [5.74, 6) is -0.679. The molecule has 0 atom stereocenters. The number of nitrogens with two attached hydrogens (primary N) is 1. The van der Waals surface area contributed by atoms with E-state index in [4.69, 9.17) is 5.73 Å². The number of fused-ring (bicyclic) bond motifs is 1. The minimum atomic E-state index is -3.41. The number of hydrogen-bond donors (Lipinski definition) is 3. The molecule has 4 N–H and O–H groups in total. The van der Waals surface area contributed by atoms with Crippen LogP contribution in [0, 0.1) is 5.82 Å². The Bertz CT molecular complexity index is 641. The van der Waals surface area contributed by atoms with E-state index in [9.17, 15) is 12.8 Å². The lowest BCUT2D eigenvalue weighted by Gasteiger charge is -2.19. The van der Waals surface area contributed by atoms with Crippen LogP contribution in [0.15, 0.2) is 29.2 Å². The fourth-order valence-electron chi connectivity index (χ4n) is 1.62. The molecule has 1 aliphatic rings. The van der Waals surface area contributed by atoms with Gasteiger partial charge in [-0.2, -0.15) is 0 Å². The first-order valence-electron chi connectivity index (χ1n) is 4.94. The van der Waals surface area contributed by atoms with Crippen LogP contribution in [0.25, 0.3) is 5.70 Å².